The first kappa shape index (κ1) is 20.3. The summed E-state index contributed by atoms with van der Waals surface area (Å²) in [6.07, 6.45) is 3.89. The minimum absolute atomic E-state index is 0.177. The van der Waals surface area contributed by atoms with Crippen molar-refractivity contribution >= 4 is 23.0 Å². The van der Waals surface area contributed by atoms with Crippen molar-refractivity contribution in [1.82, 2.24) is 5.32 Å². The number of fused-ring (bicyclic) bond motifs is 1. The summed E-state index contributed by atoms with van der Waals surface area (Å²) in [5.41, 5.74) is 2.76. The van der Waals surface area contributed by atoms with Gasteiger partial charge in [0.1, 0.15) is 11.3 Å². The van der Waals surface area contributed by atoms with Crippen LogP contribution in [-0.2, 0) is 11.2 Å². The molecular weight excluding hydrogens is 370 g/mol. The van der Waals surface area contributed by atoms with Gasteiger partial charge in [0.25, 0.3) is 0 Å². The molecule has 0 atom stereocenters. The highest BCUT2D eigenvalue weighted by molar-refractivity contribution is 5.92. The average molecular weight is 395 g/mol. The maximum absolute atomic E-state index is 12.2. The lowest BCUT2D eigenvalue weighted by Gasteiger charge is -2.12. The summed E-state index contributed by atoms with van der Waals surface area (Å²) < 4.78 is 21.7. The first-order chi connectivity index (χ1) is 14.1. The third-order valence-corrected chi connectivity index (χ3v) is 4.69. The second kappa shape index (κ2) is 9.19. The Labute approximate surface area is 170 Å². The van der Waals surface area contributed by atoms with Crippen molar-refractivity contribution in [3.05, 3.63) is 59.4 Å². The summed E-state index contributed by atoms with van der Waals surface area (Å²) in [5.74, 6) is 2.29. The summed E-state index contributed by atoms with van der Waals surface area (Å²) >= 11 is 0. The number of amides is 1. The van der Waals surface area contributed by atoms with Gasteiger partial charge in [-0.1, -0.05) is 18.2 Å². The second-order valence-corrected chi connectivity index (χ2v) is 6.47. The number of ether oxygens (including phenoxy) is 3. The molecule has 6 nitrogen and oxygen atoms in total. The highest BCUT2D eigenvalue weighted by Gasteiger charge is 2.12. The van der Waals surface area contributed by atoms with Crippen molar-refractivity contribution in [3.63, 3.8) is 0 Å². The molecule has 1 aromatic heterocycles. The van der Waals surface area contributed by atoms with E-state index in [4.69, 9.17) is 18.6 Å². The highest BCUT2D eigenvalue weighted by atomic mass is 16.5. The standard InChI is InChI=1S/C23H25NO5/c1-15-17(18-7-5-6-8-19(18)29-15)11-12-24-22(25)10-9-16-13-20(26-2)23(28-4)21(14-16)27-3/h5-10,13-14H,11-12H2,1-4H3,(H,24,25)/b10-9+. The smallest absolute Gasteiger partial charge is 0.244 e. The number of carbonyl (C=O) groups is 1. The van der Waals surface area contributed by atoms with Crippen LogP contribution in [0.15, 0.2) is 46.9 Å². The average Bonchev–Trinajstić information content (AvgIpc) is 3.06. The molecule has 1 amide bonds. The third kappa shape index (κ3) is 4.54. The Hall–Kier alpha value is -3.41. The number of benzene rings is 2. The minimum atomic E-state index is -0.177. The van der Waals surface area contributed by atoms with Crippen LogP contribution in [0.4, 0.5) is 0 Å². The monoisotopic (exact) mass is 395 g/mol. The molecule has 0 radical (unpaired) electrons. The predicted molar refractivity (Wildman–Crippen MR) is 113 cm³/mol. The molecule has 0 aliphatic rings. The van der Waals surface area contributed by atoms with Gasteiger partial charge >= 0.3 is 0 Å². The largest absolute Gasteiger partial charge is 0.493 e. The van der Waals surface area contributed by atoms with E-state index in [1.54, 1.807) is 39.5 Å². The number of carbonyl (C=O) groups excluding carboxylic acids is 1. The maximum atomic E-state index is 12.2. The van der Waals surface area contributed by atoms with E-state index in [-0.39, 0.29) is 5.91 Å². The summed E-state index contributed by atoms with van der Waals surface area (Å²) in [6.45, 7) is 2.46. The van der Waals surface area contributed by atoms with Crippen LogP contribution in [-0.4, -0.2) is 33.8 Å². The van der Waals surface area contributed by atoms with E-state index in [1.807, 2.05) is 31.2 Å². The molecule has 1 N–H and O–H groups in total. The molecule has 0 saturated carbocycles. The molecular formula is C23H25NO5. The van der Waals surface area contributed by atoms with Gasteiger partial charge in [-0.15, -0.1) is 0 Å². The van der Waals surface area contributed by atoms with Gasteiger partial charge in [0.15, 0.2) is 11.5 Å². The van der Waals surface area contributed by atoms with Crippen molar-refractivity contribution in [1.29, 1.82) is 0 Å². The molecule has 3 rings (SSSR count). The van der Waals surface area contributed by atoms with Crippen molar-refractivity contribution in [2.75, 3.05) is 27.9 Å². The molecule has 29 heavy (non-hydrogen) atoms. The van der Waals surface area contributed by atoms with Crippen LogP contribution >= 0.6 is 0 Å². The van der Waals surface area contributed by atoms with Gasteiger partial charge in [-0.2, -0.15) is 0 Å². The van der Waals surface area contributed by atoms with E-state index in [9.17, 15) is 4.79 Å². The summed E-state index contributed by atoms with van der Waals surface area (Å²) in [7, 11) is 4.66. The molecule has 0 aliphatic carbocycles. The molecule has 1 heterocycles. The molecule has 0 unspecified atom stereocenters. The quantitative estimate of drug-likeness (QED) is 0.581. The lowest BCUT2D eigenvalue weighted by atomic mass is 10.1. The topological polar surface area (TPSA) is 69.9 Å². The molecule has 0 fully saturated rings. The summed E-state index contributed by atoms with van der Waals surface area (Å²) in [4.78, 5) is 12.2. The van der Waals surface area contributed by atoms with E-state index in [1.165, 1.54) is 6.08 Å². The predicted octanol–water partition coefficient (Wildman–Crippen LogP) is 4.14. The fourth-order valence-electron chi connectivity index (χ4n) is 3.27. The fraction of sp³-hybridized carbons (Fsp3) is 0.261. The van der Waals surface area contributed by atoms with E-state index in [0.717, 1.165) is 27.9 Å². The molecule has 0 bridgehead atoms. The number of aryl methyl sites for hydroxylation is 1. The highest BCUT2D eigenvalue weighted by Crippen LogP contribution is 2.38. The van der Waals surface area contributed by atoms with Crippen molar-refractivity contribution in [3.8, 4) is 17.2 Å². The van der Waals surface area contributed by atoms with Crippen LogP contribution in [0.2, 0.25) is 0 Å². The molecule has 152 valence electrons. The van der Waals surface area contributed by atoms with E-state index >= 15 is 0 Å². The number of methoxy groups -OCH3 is 3. The van der Waals surface area contributed by atoms with Gasteiger partial charge in [0.05, 0.1) is 21.3 Å². The zero-order valence-corrected chi connectivity index (χ0v) is 17.1. The molecule has 0 aliphatic heterocycles. The van der Waals surface area contributed by atoms with E-state index in [0.29, 0.717) is 30.2 Å². The van der Waals surface area contributed by atoms with Gasteiger partial charge in [-0.3, -0.25) is 4.79 Å². The first-order valence-electron chi connectivity index (χ1n) is 9.30. The summed E-state index contributed by atoms with van der Waals surface area (Å²) in [6, 6.07) is 11.5. The Balaban J connectivity index is 1.63. The second-order valence-electron chi connectivity index (χ2n) is 6.47. The molecule has 0 saturated heterocycles. The number of rotatable bonds is 8. The van der Waals surface area contributed by atoms with Crippen molar-refractivity contribution in [2.24, 2.45) is 0 Å². The molecule has 6 heteroatoms. The van der Waals surface area contributed by atoms with Crippen molar-refractivity contribution < 1.29 is 23.4 Å². The normalized spacial score (nSPS) is 11.0. The van der Waals surface area contributed by atoms with Crippen LogP contribution in [0.5, 0.6) is 17.2 Å². The Morgan fingerprint density at radius 1 is 1.07 bits per heavy atom. The number of hydrogen-bond donors (Lipinski definition) is 1. The van der Waals surface area contributed by atoms with Gasteiger partial charge in [0, 0.05) is 23.6 Å². The third-order valence-electron chi connectivity index (χ3n) is 4.69. The SMILES string of the molecule is COc1cc(/C=C/C(=O)NCCc2c(C)oc3ccccc23)cc(OC)c1OC. The Bertz CT molecular complexity index is 1010. The van der Waals surface area contributed by atoms with Gasteiger partial charge in [0.2, 0.25) is 11.7 Å². The van der Waals surface area contributed by atoms with Gasteiger partial charge in [-0.05, 0) is 43.2 Å². The molecule has 2 aromatic carbocycles. The number of nitrogens with one attached hydrogen (secondary N) is 1. The lowest BCUT2D eigenvalue weighted by molar-refractivity contribution is -0.116. The summed E-state index contributed by atoms with van der Waals surface area (Å²) in [5, 5.41) is 4.00. The van der Waals surface area contributed by atoms with Crippen LogP contribution in [0.1, 0.15) is 16.9 Å². The molecule has 0 spiro atoms. The van der Waals surface area contributed by atoms with Crippen LogP contribution < -0.4 is 19.5 Å². The Morgan fingerprint density at radius 3 is 2.41 bits per heavy atom. The number of furan rings is 1. The Kier molecular flexibility index (Phi) is 6.44. The van der Waals surface area contributed by atoms with Crippen LogP contribution in [0, 0.1) is 6.92 Å². The zero-order chi connectivity index (χ0) is 20.8. The first-order valence-corrected chi connectivity index (χ1v) is 9.30. The fourth-order valence-corrected chi connectivity index (χ4v) is 3.27. The number of para-hydroxylation sites is 1. The van der Waals surface area contributed by atoms with Gasteiger partial charge < -0.3 is 23.9 Å². The van der Waals surface area contributed by atoms with Crippen LogP contribution in [0.25, 0.3) is 17.0 Å². The minimum Gasteiger partial charge on any atom is -0.493 e. The zero-order valence-electron chi connectivity index (χ0n) is 17.1. The maximum Gasteiger partial charge on any atom is 0.244 e. The van der Waals surface area contributed by atoms with Crippen LogP contribution in [0.3, 0.4) is 0 Å². The van der Waals surface area contributed by atoms with E-state index < -0.39 is 0 Å². The molecule has 3 aromatic rings. The van der Waals surface area contributed by atoms with Gasteiger partial charge in [-0.25, -0.2) is 0 Å². The Morgan fingerprint density at radius 2 is 1.76 bits per heavy atom. The lowest BCUT2D eigenvalue weighted by Crippen LogP contribution is -2.23. The van der Waals surface area contributed by atoms with E-state index in [2.05, 4.69) is 5.32 Å². The van der Waals surface area contributed by atoms with Crippen molar-refractivity contribution in [2.45, 2.75) is 13.3 Å². The number of hydrogen-bond acceptors (Lipinski definition) is 5.